The number of hydrogen-bond acceptors (Lipinski definition) is 5. The lowest BCUT2D eigenvalue weighted by atomic mass is 10.1. The third kappa shape index (κ3) is 2.76. The first-order valence-electron chi connectivity index (χ1n) is 5.49. The minimum atomic E-state index is -0.369. The van der Waals surface area contributed by atoms with Gasteiger partial charge in [-0.15, -0.1) is 0 Å². The van der Waals surface area contributed by atoms with Crippen molar-refractivity contribution >= 4 is 38.1 Å². The van der Waals surface area contributed by atoms with Gasteiger partial charge < -0.3 is 4.90 Å². The number of halogens is 1. The highest BCUT2D eigenvalue weighted by Crippen LogP contribution is 2.37. The van der Waals surface area contributed by atoms with Crippen molar-refractivity contribution in [1.82, 2.24) is 4.98 Å². The van der Waals surface area contributed by atoms with Crippen molar-refractivity contribution in [2.75, 3.05) is 19.0 Å². The molecule has 7 heteroatoms. The second-order valence-corrected chi connectivity index (χ2v) is 6.57. The van der Waals surface area contributed by atoms with Crippen molar-refractivity contribution in [2.24, 2.45) is 0 Å². The highest BCUT2D eigenvalue weighted by molar-refractivity contribution is 9.11. The van der Waals surface area contributed by atoms with Crippen LogP contribution in [-0.4, -0.2) is 24.0 Å². The molecule has 0 atom stereocenters. The molecule has 0 aliphatic heterocycles. The predicted molar refractivity (Wildman–Crippen MR) is 81.0 cm³/mol. The fourth-order valence-electron chi connectivity index (χ4n) is 1.61. The standard InChI is InChI=1S/C12H12BrN3O2S/c1-7-4-5-8(6-9(7)16(17)18)10-11(13)19-12(14-10)15(2)3/h4-6H,1-3H3. The molecule has 0 unspecified atom stereocenters. The van der Waals surface area contributed by atoms with Crippen LogP contribution >= 0.6 is 27.3 Å². The second kappa shape index (κ2) is 5.26. The molecule has 2 rings (SSSR count). The third-order valence-corrected chi connectivity index (χ3v) is 4.51. The van der Waals surface area contributed by atoms with E-state index < -0.39 is 0 Å². The van der Waals surface area contributed by atoms with Gasteiger partial charge in [0.15, 0.2) is 5.13 Å². The molecule has 1 heterocycles. The van der Waals surface area contributed by atoms with Gasteiger partial charge in [0.25, 0.3) is 5.69 Å². The van der Waals surface area contributed by atoms with Gasteiger partial charge in [0.2, 0.25) is 0 Å². The molecule has 0 bridgehead atoms. The van der Waals surface area contributed by atoms with Crippen molar-refractivity contribution < 1.29 is 4.92 Å². The summed E-state index contributed by atoms with van der Waals surface area (Å²) < 4.78 is 0.870. The molecule has 0 saturated carbocycles. The molecular formula is C12H12BrN3O2S. The summed E-state index contributed by atoms with van der Waals surface area (Å²) in [5.41, 5.74) is 2.24. The molecule has 100 valence electrons. The summed E-state index contributed by atoms with van der Waals surface area (Å²) in [6.07, 6.45) is 0. The normalized spacial score (nSPS) is 10.5. The molecule has 0 aliphatic carbocycles. The van der Waals surface area contributed by atoms with Crippen molar-refractivity contribution in [3.05, 3.63) is 37.7 Å². The number of aromatic nitrogens is 1. The molecule has 1 aromatic heterocycles. The molecule has 19 heavy (non-hydrogen) atoms. The van der Waals surface area contributed by atoms with E-state index in [4.69, 9.17) is 0 Å². The van der Waals surface area contributed by atoms with Gasteiger partial charge in [0.05, 0.1) is 14.4 Å². The molecular weight excluding hydrogens is 330 g/mol. The fraction of sp³-hybridized carbons (Fsp3) is 0.250. The van der Waals surface area contributed by atoms with Gasteiger partial charge in [0, 0.05) is 31.3 Å². The molecule has 0 aliphatic rings. The number of rotatable bonds is 3. The van der Waals surface area contributed by atoms with E-state index in [1.54, 1.807) is 19.1 Å². The van der Waals surface area contributed by atoms with Crippen molar-refractivity contribution in [3.63, 3.8) is 0 Å². The molecule has 0 fully saturated rings. The Morgan fingerprint density at radius 3 is 2.63 bits per heavy atom. The molecule has 0 spiro atoms. The number of benzene rings is 1. The number of aryl methyl sites for hydroxylation is 1. The second-order valence-electron chi connectivity index (χ2n) is 4.27. The van der Waals surface area contributed by atoms with Crippen LogP contribution < -0.4 is 4.90 Å². The summed E-state index contributed by atoms with van der Waals surface area (Å²) in [6, 6.07) is 5.16. The van der Waals surface area contributed by atoms with E-state index in [1.807, 2.05) is 25.1 Å². The largest absolute Gasteiger partial charge is 0.354 e. The van der Waals surface area contributed by atoms with Crippen LogP contribution in [0.4, 0.5) is 10.8 Å². The average molecular weight is 342 g/mol. The van der Waals surface area contributed by atoms with E-state index in [1.165, 1.54) is 11.3 Å². The van der Waals surface area contributed by atoms with Gasteiger partial charge >= 0.3 is 0 Å². The number of anilines is 1. The van der Waals surface area contributed by atoms with Gasteiger partial charge in [-0.05, 0) is 22.9 Å². The monoisotopic (exact) mass is 341 g/mol. The van der Waals surface area contributed by atoms with Gasteiger partial charge in [-0.3, -0.25) is 10.1 Å². The lowest BCUT2D eigenvalue weighted by molar-refractivity contribution is -0.385. The Kier molecular flexibility index (Phi) is 3.86. The number of hydrogen-bond donors (Lipinski definition) is 0. The maximum Gasteiger partial charge on any atom is 0.272 e. The Balaban J connectivity index is 2.53. The highest BCUT2D eigenvalue weighted by atomic mass is 79.9. The van der Waals surface area contributed by atoms with Crippen LogP contribution in [0.1, 0.15) is 5.56 Å². The zero-order valence-corrected chi connectivity index (χ0v) is 13.1. The van der Waals surface area contributed by atoms with E-state index >= 15 is 0 Å². The summed E-state index contributed by atoms with van der Waals surface area (Å²) in [4.78, 5) is 17.0. The Morgan fingerprint density at radius 2 is 2.11 bits per heavy atom. The van der Waals surface area contributed by atoms with Crippen LogP contribution in [0.2, 0.25) is 0 Å². The first-order chi connectivity index (χ1) is 8.90. The Labute approximate surface area is 123 Å². The first-order valence-corrected chi connectivity index (χ1v) is 7.10. The van der Waals surface area contributed by atoms with Crippen LogP contribution in [-0.2, 0) is 0 Å². The summed E-state index contributed by atoms with van der Waals surface area (Å²) >= 11 is 4.96. The third-order valence-electron chi connectivity index (χ3n) is 2.64. The van der Waals surface area contributed by atoms with Gasteiger partial charge in [-0.25, -0.2) is 4.98 Å². The first kappa shape index (κ1) is 14.0. The maximum atomic E-state index is 11.0. The van der Waals surface area contributed by atoms with Crippen LogP contribution in [0.5, 0.6) is 0 Å². The molecule has 5 nitrogen and oxygen atoms in total. The zero-order valence-electron chi connectivity index (χ0n) is 10.7. The van der Waals surface area contributed by atoms with E-state index in [0.29, 0.717) is 5.56 Å². The molecule has 0 amide bonds. The van der Waals surface area contributed by atoms with Crippen LogP contribution in [0.3, 0.4) is 0 Å². The Morgan fingerprint density at radius 1 is 1.42 bits per heavy atom. The Bertz CT molecular complexity index is 640. The van der Waals surface area contributed by atoms with E-state index in [2.05, 4.69) is 20.9 Å². The summed E-state index contributed by atoms with van der Waals surface area (Å²) in [5, 5.41) is 11.8. The summed E-state index contributed by atoms with van der Waals surface area (Å²) in [6.45, 7) is 1.73. The van der Waals surface area contributed by atoms with E-state index in [9.17, 15) is 10.1 Å². The summed E-state index contributed by atoms with van der Waals surface area (Å²) in [7, 11) is 3.82. The SMILES string of the molecule is Cc1ccc(-c2nc(N(C)C)sc2Br)cc1[N+](=O)[O-]. The molecule has 0 N–H and O–H groups in total. The van der Waals surface area contributed by atoms with E-state index in [0.717, 1.165) is 20.2 Å². The quantitative estimate of drug-likeness (QED) is 0.628. The van der Waals surface area contributed by atoms with Crippen molar-refractivity contribution in [2.45, 2.75) is 6.92 Å². The minimum absolute atomic E-state index is 0.115. The number of nitrogens with zero attached hydrogens (tertiary/aromatic N) is 3. The smallest absolute Gasteiger partial charge is 0.272 e. The fourth-order valence-corrected chi connectivity index (χ4v) is 3.11. The zero-order chi connectivity index (χ0) is 14.2. The topological polar surface area (TPSA) is 59.3 Å². The highest BCUT2D eigenvalue weighted by Gasteiger charge is 2.17. The van der Waals surface area contributed by atoms with Crippen LogP contribution in [0.25, 0.3) is 11.3 Å². The molecule has 0 saturated heterocycles. The summed E-state index contributed by atoms with van der Waals surface area (Å²) in [5.74, 6) is 0. The maximum absolute atomic E-state index is 11.0. The predicted octanol–water partition coefficient (Wildman–Crippen LogP) is 3.86. The lowest BCUT2D eigenvalue weighted by Gasteiger charge is -2.05. The van der Waals surface area contributed by atoms with Crippen molar-refractivity contribution in [1.29, 1.82) is 0 Å². The average Bonchev–Trinajstić information content (AvgIpc) is 2.72. The van der Waals surface area contributed by atoms with Crippen LogP contribution in [0, 0.1) is 17.0 Å². The van der Waals surface area contributed by atoms with E-state index in [-0.39, 0.29) is 10.6 Å². The van der Waals surface area contributed by atoms with Crippen molar-refractivity contribution in [3.8, 4) is 11.3 Å². The molecule has 2 aromatic rings. The molecule has 0 radical (unpaired) electrons. The number of nitro benzene ring substituents is 1. The van der Waals surface area contributed by atoms with Gasteiger partial charge in [-0.1, -0.05) is 23.5 Å². The van der Waals surface area contributed by atoms with Gasteiger partial charge in [0.1, 0.15) is 0 Å². The lowest BCUT2D eigenvalue weighted by Crippen LogP contribution is -2.07. The van der Waals surface area contributed by atoms with Gasteiger partial charge in [-0.2, -0.15) is 0 Å². The minimum Gasteiger partial charge on any atom is -0.354 e. The Hall–Kier alpha value is -1.47. The number of thiazole rings is 1. The van der Waals surface area contributed by atoms with Crippen LogP contribution in [0.15, 0.2) is 22.0 Å². The molecule has 1 aromatic carbocycles. The number of nitro groups is 1.